The van der Waals surface area contributed by atoms with Crippen molar-refractivity contribution in [3.05, 3.63) is 0 Å². The molecule has 0 saturated carbocycles. The molecular weight excluding hydrogens is 594 g/mol. The number of hydrogen-bond donors (Lipinski definition) is 11. The maximum atomic E-state index is 13.4. The zero-order chi connectivity index (χ0) is 34.9. The van der Waals surface area contributed by atoms with Crippen LogP contribution in [0.2, 0.25) is 0 Å². The van der Waals surface area contributed by atoms with Crippen LogP contribution >= 0.6 is 0 Å². The molecule has 18 heteroatoms. The normalized spacial score (nSPS) is 14.9. The number of primary amides is 1. The highest BCUT2D eigenvalue weighted by molar-refractivity contribution is 5.97. The third-order valence-corrected chi connectivity index (χ3v) is 6.77. The highest BCUT2D eigenvalue weighted by Gasteiger charge is 2.34. The first-order valence-electron chi connectivity index (χ1n) is 14.7. The Labute approximate surface area is 261 Å². The van der Waals surface area contributed by atoms with Crippen LogP contribution in [0.15, 0.2) is 0 Å². The molecular formula is C27H49N9O9. The van der Waals surface area contributed by atoms with Gasteiger partial charge in [-0.1, -0.05) is 34.1 Å². The van der Waals surface area contributed by atoms with Crippen LogP contribution in [0.3, 0.4) is 0 Å². The van der Waals surface area contributed by atoms with Gasteiger partial charge in [0.05, 0.1) is 12.5 Å². The smallest absolute Gasteiger partial charge is 0.326 e. The summed E-state index contributed by atoms with van der Waals surface area (Å²) in [6, 6.07) is -6.65. The van der Waals surface area contributed by atoms with Crippen molar-refractivity contribution in [2.45, 2.75) is 103 Å². The second-order valence-electron chi connectivity index (χ2n) is 11.2. The Balaban J connectivity index is 5.91. The molecule has 0 aliphatic heterocycles. The minimum Gasteiger partial charge on any atom is -0.481 e. The van der Waals surface area contributed by atoms with Crippen molar-refractivity contribution in [1.82, 2.24) is 26.6 Å². The third kappa shape index (κ3) is 16.8. The second-order valence-corrected chi connectivity index (χ2v) is 11.2. The van der Waals surface area contributed by atoms with E-state index in [2.05, 4.69) is 26.6 Å². The van der Waals surface area contributed by atoms with E-state index in [9.17, 15) is 38.7 Å². The van der Waals surface area contributed by atoms with E-state index >= 15 is 0 Å². The summed E-state index contributed by atoms with van der Waals surface area (Å²) >= 11 is 0. The Morgan fingerprint density at radius 3 is 1.82 bits per heavy atom. The first-order chi connectivity index (χ1) is 20.9. The molecule has 0 heterocycles. The van der Waals surface area contributed by atoms with Crippen molar-refractivity contribution in [1.29, 1.82) is 5.41 Å². The molecule has 0 spiro atoms. The van der Waals surface area contributed by atoms with Crippen LogP contribution in [0.5, 0.6) is 0 Å². The lowest BCUT2D eigenvalue weighted by Crippen LogP contribution is -2.60. The van der Waals surface area contributed by atoms with Gasteiger partial charge < -0.3 is 54.0 Å². The number of aliphatic carboxylic acids is 2. The van der Waals surface area contributed by atoms with Crippen molar-refractivity contribution < 1.29 is 43.8 Å². The van der Waals surface area contributed by atoms with Gasteiger partial charge in [0, 0.05) is 13.0 Å². The maximum Gasteiger partial charge on any atom is 0.326 e. The predicted molar refractivity (Wildman–Crippen MR) is 162 cm³/mol. The van der Waals surface area contributed by atoms with Gasteiger partial charge >= 0.3 is 11.9 Å². The number of carboxylic acid groups (broad SMARTS) is 2. The average molecular weight is 644 g/mol. The summed E-state index contributed by atoms with van der Waals surface area (Å²) in [5, 5.41) is 37.9. The quantitative estimate of drug-likeness (QED) is 0.0329. The van der Waals surface area contributed by atoms with Crippen LogP contribution in [-0.4, -0.2) is 94.4 Å². The molecule has 0 aliphatic rings. The fourth-order valence-electron chi connectivity index (χ4n) is 4.12. The highest BCUT2D eigenvalue weighted by atomic mass is 16.4. The molecule has 0 saturated heterocycles. The second kappa shape index (κ2) is 20.5. The fraction of sp³-hybridized carbons (Fsp3) is 0.704. The molecule has 45 heavy (non-hydrogen) atoms. The molecule has 6 atom stereocenters. The number of carboxylic acids is 2. The van der Waals surface area contributed by atoms with Crippen molar-refractivity contribution in [2.75, 3.05) is 6.54 Å². The molecule has 0 fully saturated rings. The average Bonchev–Trinajstić information content (AvgIpc) is 2.93. The molecule has 0 aromatic carbocycles. The third-order valence-electron chi connectivity index (χ3n) is 6.77. The number of carbonyl (C=O) groups is 7. The van der Waals surface area contributed by atoms with Crippen LogP contribution in [0, 0.1) is 17.2 Å². The first kappa shape index (κ1) is 40.5. The standard InChI is InChI=1S/C27H49N9O9/c1-5-14(4)21(36-23(41)16(8-9-20(38)39)33-22(40)15(28)11-13(2)3)25(43)35-18(12-19(29)37)24(42)34-17(26(44)45)7-6-10-32-27(30)31/h13-18,21H,5-12,28H2,1-4H3,(H2,29,37)(H,33,40)(H,34,42)(H,35,43)(H,36,41)(H,38,39)(H,44,45)(H4,30,31,32)/t14-,15-,16-,17-,18-,21-/m0/s1. The van der Waals surface area contributed by atoms with Crippen LogP contribution in [0.25, 0.3) is 0 Å². The van der Waals surface area contributed by atoms with Crippen LogP contribution in [-0.2, 0) is 33.6 Å². The topological polar surface area (TPSA) is 322 Å². The van der Waals surface area contributed by atoms with Crippen LogP contribution in [0.4, 0.5) is 0 Å². The highest BCUT2D eigenvalue weighted by Crippen LogP contribution is 2.11. The van der Waals surface area contributed by atoms with E-state index < -0.39 is 90.4 Å². The van der Waals surface area contributed by atoms with E-state index in [0.717, 1.165) is 0 Å². The number of guanidine groups is 1. The summed E-state index contributed by atoms with van der Waals surface area (Å²) in [6.07, 6.45) is -0.690. The molecule has 0 aromatic heterocycles. The summed E-state index contributed by atoms with van der Waals surface area (Å²) in [7, 11) is 0. The Morgan fingerprint density at radius 2 is 1.33 bits per heavy atom. The van der Waals surface area contributed by atoms with Gasteiger partial charge in [0.15, 0.2) is 5.96 Å². The molecule has 0 unspecified atom stereocenters. The molecule has 18 nitrogen and oxygen atoms in total. The van der Waals surface area contributed by atoms with Gasteiger partial charge in [-0.2, -0.15) is 0 Å². The van der Waals surface area contributed by atoms with E-state index in [0.29, 0.717) is 12.8 Å². The van der Waals surface area contributed by atoms with E-state index in [1.807, 2.05) is 13.8 Å². The first-order valence-corrected chi connectivity index (χ1v) is 14.7. The Morgan fingerprint density at radius 1 is 0.778 bits per heavy atom. The molecule has 5 amide bonds. The largest absolute Gasteiger partial charge is 0.481 e. The van der Waals surface area contributed by atoms with Crippen LogP contribution in [0.1, 0.15) is 72.6 Å². The van der Waals surface area contributed by atoms with Gasteiger partial charge in [0.25, 0.3) is 0 Å². The molecule has 256 valence electrons. The summed E-state index contributed by atoms with van der Waals surface area (Å²) in [5.41, 5.74) is 16.4. The minimum atomic E-state index is -1.60. The molecule has 0 bridgehead atoms. The lowest BCUT2D eigenvalue weighted by Gasteiger charge is -2.29. The monoisotopic (exact) mass is 643 g/mol. The molecule has 0 aliphatic carbocycles. The Hall–Kier alpha value is -4.48. The van der Waals surface area contributed by atoms with E-state index in [4.69, 9.17) is 27.7 Å². The Bertz CT molecular complexity index is 1070. The zero-order valence-corrected chi connectivity index (χ0v) is 26.2. The summed E-state index contributed by atoms with van der Waals surface area (Å²) in [6.45, 7) is 7.19. The van der Waals surface area contributed by atoms with Gasteiger partial charge in [0.1, 0.15) is 24.2 Å². The summed E-state index contributed by atoms with van der Waals surface area (Å²) < 4.78 is 0. The fourth-order valence-corrected chi connectivity index (χ4v) is 4.12. The predicted octanol–water partition coefficient (Wildman–Crippen LogP) is -2.57. The van der Waals surface area contributed by atoms with Crippen molar-refractivity contribution >= 4 is 47.4 Å². The number of carbonyl (C=O) groups excluding carboxylic acids is 5. The molecule has 0 aromatic rings. The number of nitrogens with two attached hydrogens (primary N) is 3. The van der Waals surface area contributed by atoms with Gasteiger partial charge in [-0.25, -0.2) is 4.79 Å². The van der Waals surface area contributed by atoms with Crippen molar-refractivity contribution in [3.8, 4) is 0 Å². The minimum absolute atomic E-state index is 0.0654. The van der Waals surface area contributed by atoms with Gasteiger partial charge in [-0.05, 0) is 37.5 Å². The van der Waals surface area contributed by atoms with Crippen molar-refractivity contribution in [3.63, 3.8) is 0 Å². The lowest BCUT2D eigenvalue weighted by molar-refractivity contribution is -0.143. The molecule has 0 rings (SSSR count). The number of nitrogens with one attached hydrogen (secondary N) is 6. The van der Waals surface area contributed by atoms with E-state index in [-0.39, 0.29) is 37.7 Å². The number of hydrogen-bond acceptors (Lipinski definition) is 9. The number of rotatable bonds is 22. The Kier molecular flexibility index (Phi) is 18.4. The van der Waals surface area contributed by atoms with Gasteiger partial charge in [-0.15, -0.1) is 0 Å². The lowest BCUT2D eigenvalue weighted by atomic mass is 9.96. The molecule has 0 radical (unpaired) electrons. The van der Waals surface area contributed by atoms with E-state index in [1.54, 1.807) is 13.8 Å². The molecule has 14 N–H and O–H groups in total. The maximum absolute atomic E-state index is 13.4. The summed E-state index contributed by atoms with van der Waals surface area (Å²) in [4.78, 5) is 87.0. The van der Waals surface area contributed by atoms with Crippen LogP contribution < -0.4 is 43.8 Å². The van der Waals surface area contributed by atoms with Crippen molar-refractivity contribution in [2.24, 2.45) is 29.0 Å². The number of amides is 5. The van der Waals surface area contributed by atoms with Gasteiger partial charge in [0.2, 0.25) is 29.5 Å². The zero-order valence-electron chi connectivity index (χ0n) is 26.2. The van der Waals surface area contributed by atoms with Gasteiger partial charge in [-0.3, -0.25) is 34.2 Å². The summed E-state index contributed by atoms with van der Waals surface area (Å²) in [5.74, 6) is -7.87. The van der Waals surface area contributed by atoms with E-state index in [1.165, 1.54) is 0 Å². The SMILES string of the molecule is CC[C@H](C)[C@H](NC(=O)[C@H](CCC(=O)O)NC(=O)[C@@H](N)CC(C)C)C(=O)N[C@@H](CC(N)=O)C(=O)N[C@@H](CCCNC(=N)N)C(=O)O.